The lowest BCUT2D eigenvalue weighted by atomic mass is 9.95. The second-order valence-electron chi connectivity index (χ2n) is 5.32. The summed E-state index contributed by atoms with van der Waals surface area (Å²) in [6, 6.07) is 1.66. The first-order valence-electron chi connectivity index (χ1n) is 6.64. The van der Waals surface area contributed by atoms with Crippen molar-refractivity contribution < 1.29 is 22.7 Å². The Labute approximate surface area is 118 Å². The summed E-state index contributed by atoms with van der Waals surface area (Å²) in [5.41, 5.74) is 4.09. The summed E-state index contributed by atoms with van der Waals surface area (Å²) < 4.78 is 43.8. The number of alkyl halides is 3. The molecule has 3 heterocycles. The van der Waals surface area contributed by atoms with Crippen molar-refractivity contribution in [2.75, 3.05) is 5.32 Å². The number of nitrogens with zero attached hydrogens (tertiary/aromatic N) is 1. The number of carbonyl (C=O) groups excluding carboxylic acids is 1. The predicted octanol–water partition coefficient (Wildman–Crippen LogP) is 1.93. The van der Waals surface area contributed by atoms with Gasteiger partial charge in [-0.25, -0.2) is 4.98 Å². The second-order valence-corrected chi connectivity index (χ2v) is 5.32. The third-order valence-corrected chi connectivity index (χ3v) is 3.88. The van der Waals surface area contributed by atoms with Gasteiger partial charge in [-0.15, -0.1) is 0 Å². The Kier molecular flexibility index (Phi) is 3.27. The van der Waals surface area contributed by atoms with Crippen molar-refractivity contribution in [3.8, 4) is 0 Å². The van der Waals surface area contributed by atoms with Crippen LogP contribution in [0.2, 0.25) is 0 Å². The molecule has 1 aromatic heterocycles. The molecule has 2 saturated heterocycles. The SMILES string of the molecule is NC(=O)c1ccc(C(F)(F)F)nc1NC1CC2CCC1O2. The molecule has 1 amide bonds. The molecule has 5 nitrogen and oxygen atoms in total. The summed E-state index contributed by atoms with van der Waals surface area (Å²) >= 11 is 0. The van der Waals surface area contributed by atoms with E-state index >= 15 is 0 Å². The van der Waals surface area contributed by atoms with E-state index in [1.807, 2.05) is 0 Å². The first-order chi connectivity index (χ1) is 9.84. The number of amides is 1. The first-order valence-corrected chi connectivity index (χ1v) is 6.64. The minimum atomic E-state index is -4.57. The molecule has 2 fully saturated rings. The molecule has 2 aliphatic heterocycles. The molecule has 3 atom stereocenters. The van der Waals surface area contributed by atoms with Crippen LogP contribution in [0.4, 0.5) is 19.0 Å². The van der Waals surface area contributed by atoms with Gasteiger partial charge >= 0.3 is 6.18 Å². The van der Waals surface area contributed by atoms with E-state index < -0.39 is 17.8 Å². The zero-order valence-electron chi connectivity index (χ0n) is 11.0. The summed E-state index contributed by atoms with van der Waals surface area (Å²) in [6.07, 6.45) is -1.98. The molecule has 3 unspecified atom stereocenters. The Morgan fingerprint density at radius 3 is 2.67 bits per heavy atom. The van der Waals surface area contributed by atoms with Crippen LogP contribution in [0.25, 0.3) is 0 Å². The van der Waals surface area contributed by atoms with Crippen molar-refractivity contribution in [2.24, 2.45) is 5.73 Å². The van der Waals surface area contributed by atoms with Crippen molar-refractivity contribution in [2.45, 2.75) is 43.7 Å². The van der Waals surface area contributed by atoms with Gasteiger partial charge in [0.15, 0.2) is 0 Å². The molecule has 0 aromatic carbocycles. The third-order valence-electron chi connectivity index (χ3n) is 3.88. The van der Waals surface area contributed by atoms with E-state index in [9.17, 15) is 18.0 Å². The van der Waals surface area contributed by atoms with E-state index in [4.69, 9.17) is 10.5 Å². The van der Waals surface area contributed by atoms with Crippen molar-refractivity contribution in [3.05, 3.63) is 23.4 Å². The summed E-state index contributed by atoms with van der Waals surface area (Å²) in [6.45, 7) is 0. The number of rotatable bonds is 3. The fourth-order valence-electron chi connectivity index (χ4n) is 2.89. The topological polar surface area (TPSA) is 77.2 Å². The molecule has 3 N–H and O–H groups in total. The Morgan fingerprint density at radius 1 is 1.38 bits per heavy atom. The number of hydrogen-bond donors (Lipinski definition) is 2. The molecule has 0 aliphatic carbocycles. The maximum absolute atomic E-state index is 12.7. The highest BCUT2D eigenvalue weighted by Crippen LogP contribution is 2.36. The Bertz CT molecular complexity index is 576. The Hall–Kier alpha value is -1.83. The van der Waals surface area contributed by atoms with Crippen LogP contribution in [0.5, 0.6) is 0 Å². The number of aromatic nitrogens is 1. The lowest BCUT2D eigenvalue weighted by Gasteiger charge is -2.22. The highest BCUT2D eigenvalue weighted by Gasteiger charge is 2.41. The molecule has 0 spiro atoms. The predicted molar refractivity (Wildman–Crippen MR) is 67.7 cm³/mol. The van der Waals surface area contributed by atoms with Gasteiger partial charge in [0.05, 0.1) is 23.8 Å². The van der Waals surface area contributed by atoms with E-state index in [1.54, 1.807) is 0 Å². The fraction of sp³-hybridized carbons (Fsp3) is 0.538. The standard InChI is InChI=1S/C13H14F3N3O2/c14-13(15,16)10-4-2-7(11(17)20)12(19-10)18-8-5-6-1-3-9(8)21-6/h2,4,6,8-9H,1,3,5H2,(H2,17,20)(H,18,19). The summed E-state index contributed by atoms with van der Waals surface area (Å²) in [5, 5.41) is 2.90. The average molecular weight is 301 g/mol. The molecule has 21 heavy (non-hydrogen) atoms. The summed E-state index contributed by atoms with van der Waals surface area (Å²) in [7, 11) is 0. The molecule has 114 valence electrons. The second kappa shape index (κ2) is 4.87. The quantitative estimate of drug-likeness (QED) is 0.894. The Balaban J connectivity index is 1.89. The minimum Gasteiger partial charge on any atom is -0.373 e. The molecule has 1 aromatic rings. The van der Waals surface area contributed by atoms with Gasteiger partial charge in [-0.1, -0.05) is 0 Å². The van der Waals surface area contributed by atoms with Crippen molar-refractivity contribution in [3.63, 3.8) is 0 Å². The molecule has 2 aliphatic rings. The van der Waals surface area contributed by atoms with Gasteiger partial charge in [0.2, 0.25) is 0 Å². The van der Waals surface area contributed by atoms with Crippen molar-refractivity contribution >= 4 is 11.7 Å². The number of halogens is 3. The number of nitrogens with one attached hydrogen (secondary N) is 1. The van der Waals surface area contributed by atoms with Gasteiger partial charge in [-0.05, 0) is 31.4 Å². The van der Waals surface area contributed by atoms with E-state index in [2.05, 4.69) is 10.3 Å². The number of nitrogens with two attached hydrogens (primary N) is 1. The van der Waals surface area contributed by atoms with Crippen LogP contribution in [0, 0.1) is 0 Å². The van der Waals surface area contributed by atoms with Crippen LogP contribution in [0.3, 0.4) is 0 Å². The van der Waals surface area contributed by atoms with Gasteiger partial charge in [0.1, 0.15) is 11.5 Å². The first kappa shape index (κ1) is 14.1. The monoisotopic (exact) mass is 301 g/mol. The molecule has 0 radical (unpaired) electrons. The largest absolute Gasteiger partial charge is 0.433 e. The smallest absolute Gasteiger partial charge is 0.373 e. The van der Waals surface area contributed by atoms with Gasteiger partial charge in [-0.3, -0.25) is 4.79 Å². The number of ether oxygens (including phenoxy) is 1. The van der Waals surface area contributed by atoms with Crippen LogP contribution in [0.15, 0.2) is 12.1 Å². The maximum atomic E-state index is 12.7. The third kappa shape index (κ3) is 2.67. The zero-order chi connectivity index (χ0) is 15.2. The maximum Gasteiger partial charge on any atom is 0.433 e. The van der Waals surface area contributed by atoms with Crippen LogP contribution in [-0.2, 0) is 10.9 Å². The highest BCUT2D eigenvalue weighted by molar-refractivity contribution is 5.97. The van der Waals surface area contributed by atoms with E-state index in [-0.39, 0.29) is 29.6 Å². The van der Waals surface area contributed by atoms with Crippen LogP contribution >= 0.6 is 0 Å². The highest BCUT2D eigenvalue weighted by atomic mass is 19.4. The number of fused-ring (bicyclic) bond motifs is 2. The van der Waals surface area contributed by atoms with Crippen LogP contribution < -0.4 is 11.1 Å². The molecule has 3 rings (SSSR count). The van der Waals surface area contributed by atoms with Gasteiger partial charge in [0.25, 0.3) is 5.91 Å². The van der Waals surface area contributed by atoms with Gasteiger partial charge in [0, 0.05) is 0 Å². The molecule has 8 heteroatoms. The molecule has 0 saturated carbocycles. The van der Waals surface area contributed by atoms with Crippen molar-refractivity contribution in [1.82, 2.24) is 4.98 Å². The number of primary amides is 1. The lowest BCUT2D eigenvalue weighted by Crippen LogP contribution is -2.32. The minimum absolute atomic E-state index is 0.0490. The summed E-state index contributed by atoms with van der Waals surface area (Å²) in [4.78, 5) is 14.9. The molecular weight excluding hydrogens is 287 g/mol. The number of pyridine rings is 1. The zero-order valence-corrected chi connectivity index (χ0v) is 11.0. The number of hydrogen-bond acceptors (Lipinski definition) is 4. The van der Waals surface area contributed by atoms with E-state index in [0.717, 1.165) is 25.0 Å². The molecular formula is C13H14F3N3O2. The van der Waals surface area contributed by atoms with Crippen LogP contribution in [-0.4, -0.2) is 29.1 Å². The number of anilines is 1. The fourth-order valence-corrected chi connectivity index (χ4v) is 2.89. The van der Waals surface area contributed by atoms with Gasteiger partial charge in [-0.2, -0.15) is 13.2 Å². The number of carbonyl (C=O) groups is 1. The van der Waals surface area contributed by atoms with E-state index in [1.165, 1.54) is 0 Å². The Morgan fingerprint density at radius 2 is 2.14 bits per heavy atom. The van der Waals surface area contributed by atoms with E-state index in [0.29, 0.717) is 6.42 Å². The van der Waals surface area contributed by atoms with Crippen molar-refractivity contribution in [1.29, 1.82) is 0 Å². The average Bonchev–Trinajstić information content (AvgIpc) is 2.99. The molecule has 2 bridgehead atoms. The van der Waals surface area contributed by atoms with Gasteiger partial charge < -0.3 is 15.8 Å². The lowest BCUT2D eigenvalue weighted by molar-refractivity contribution is -0.141. The van der Waals surface area contributed by atoms with Crippen LogP contribution in [0.1, 0.15) is 35.3 Å². The summed E-state index contributed by atoms with van der Waals surface area (Å²) in [5.74, 6) is -0.943. The normalized spacial score (nSPS) is 27.9.